The lowest BCUT2D eigenvalue weighted by atomic mass is 10.1. The highest BCUT2D eigenvalue weighted by Crippen LogP contribution is 2.34. The van der Waals surface area contributed by atoms with E-state index in [-0.39, 0.29) is 6.04 Å². The molecule has 0 saturated carbocycles. The van der Waals surface area contributed by atoms with Crippen LogP contribution in [-0.4, -0.2) is 14.2 Å². The standard InChI is InChI=1S/C10H14ClNO2/c1-6(12)7-4-9(13-2)10(14-3)5-8(7)11/h4-6H,12H2,1-3H3/t6-/m1/s1. The number of hydrogen-bond acceptors (Lipinski definition) is 3. The number of halogens is 1. The molecule has 0 heterocycles. The van der Waals surface area contributed by atoms with Gasteiger partial charge in [0.2, 0.25) is 0 Å². The smallest absolute Gasteiger partial charge is 0.162 e. The van der Waals surface area contributed by atoms with E-state index in [1.54, 1.807) is 26.4 Å². The van der Waals surface area contributed by atoms with E-state index in [1.807, 2.05) is 6.92 Å². The van der Waals surface area contributed by atoms with E-state index in [0.717, 1.165) is 5.56 Å². The highest BCUT2D eigenvalue weighted by molar-refractivity contribution is 6.31. The van der Waals surface area contributed by atoms with Crippen LogP contribution in [-0.2, 0) is 0 Å². The third-order valence-corrected chi connectivity index (χ3v) is 2.32. The lowest BCUT2D eigenvalue weighted by Crippen LogP contribution is -2.06. The van der Waals surface area contributed by atoms with Crippen molar-refractivity contribution < 1.29 is 9.47 Å². The SMILES string of the molecule is COc1cc(Cl)c([C@@H](C)N)cc1OC. The van der Waals surface area contributed by atoms with Crippen LogP contribution in [0.3, 0.4) is 0 Å². The molecular weight excluding hydrogens is 202 g/mol. The molecule has 1 atom stereocenters. The van der Waals surface area contributed by atoms with Gasteiger partial charge in [0.15, 0.2) is 11.5 Å². The highest BCUT2D eigenvalue weighted by atomic mass is 35.5. The van der Waals surface area contributed by atoms with Crippen LogP contribution in [0, 0.1) is 0 Å². The molecule has 0 bridgehead atoms. The Kier molecular flexibility index (Phi) is 3.61. The summed E-state index contributed by atoms with van der Waals surface area (Å²) in [6.45, 7) is 1.87. The van der Waals surface area contributed by atoms with Gasteiger partial charge in [-0.3, -0.25) is 0 Å². The quantitative estimate of drug-likeness (QED) is 0.842. The molecule has 0 aliphatic rings. The second kappa shape index (κ2) is 4.53. The molecule has 0 aromatic heterocycles. The first-order valence-electron chi connectivity index (χ1n) is 4.27. The van der Waals surface area contributed by atoms with Gasteiger partial charge in [-0.15, -0.1) is 0 Å². The molecule has 14 heavy (non-hydrogen) atoms. The van der Waals surface area contributed by atoms with Gasteiger partial charge in [-0.1, -0.05) is 11.6 Å². The Morgan fingerprint density at radius 2 is 1.71 bits per heavy atom. The van der Waals surface area contributed by atoms with Crippen LogP contribution in [0.2, 0.25) is 5.02 Å². The van der Waals surface area contributed by atoms with E-state index in [4.69, 9.17) is 26.8 Å². The summed E-state index contributed by atoms with van der Waals surface area (Å²) in [5, 5.41) is 0.595. The Balaban J connectivity index is 3.23. The zero-order valence-electron chi connectivity index (χ0n) is 8.50. The maximum Gasteiger partial charge on any atom is 0.162 e. The summed E-state index contributed by atoms with van der Waals surface area (Å²) in [5.74, 6) is 1.26. The molecule has 0 spiro atoms. The van der Waals surface area contributed by atoms with Crippen LogP contribution >= 0.6 is 11.6 Å². The summed E-state index contributed by atoms with van der Waals surface area (Å²) in [7, 11) is 3.15. The second-order valence-corrected chi connectivity index (χ2v) is 3.42. The topological polar surface area (TPSA) is 44.5 Å². The van der Waals surface area contributed by atoms with Crippen molar-refractivity contribution >= 4 is 11.6 Å². The molecule has 78 valence electrons. The van der Waals surface area contributed by atoms with Gasteiger partial charge >= 0.3 is 0 Å². The molecular formula is C10H14ClNO2. The molecule has 0 radical (unpaired) electrons. The lowest BCUT2D eigenvalue weighted by molar-refractivity contribution is 0.354. The number of ether oxygens (including phenoxy) is 2. The predicted molar refractivity (Wildman–Crippen MR) is 57.2 cm³/mol. The van der Waals surface area contributed by atoms with Crippen LogP contribution in [0.25, 0.3) is 0 Å². The number of nitrogens with two attached hydrogens (primary N) is 1. The third kappa shape index (κ3) is 2.11. The second-order valence-electron chi connectivity index (χ2n) is 3.02. The van der Waals surface area contributed by atoms with Crippen molar-refractivity contribution in [3.05, 3.63) is 22.7 Å². The summed E-state index contributed by atoms with van der Waals surface area (Å²) in [6.07, 6.45) is 0. The van der Waals surface area contributed by atoms with Crippen molar-refractivity contribution in [2.45, 2.75) is 13.0 Å². The fraction of sp³-hybridized carbons (Fsp3) is 0.400. The fourth-order valence-electron chi connectivity index (χ4n) is 1.22. The first-order valence-corrected chi connectivity index (χ1v) is 4.65. The number of hydrogen-bond donors (Lipinski definition) is 1. The van der Waals surface area contributed by atoms with Crippen LogP contribution in [0.4, 0.5) is 0 Å². The Labute approximate surface area is 88.8 Å². The van der Waals surface area contributed by atoms with Crippen LogP contribution in [0.5, 0.6) is 11.5 Å². The van der Waals surface area contributed by atoms with Gasteiger partial charge in [0.1, 0.15) is 0 Å². The van der Waals surface area contributed by atoms with Crippen LogP contribution in [0.15, 0.2) is 12.1 Å². The molecule has 1 aromatic rings. The van der Waals surface area contributed by atoms with Gasteiger partial charge in [-0.25, -0.2) is 0 Å². The first kappa shape index (κ1) is 11.1. The summed E-state index contributed by atoms with van der Waals surface area (Å²) in [5.41, 5.74) is 6.60. The zero-order valence-corrected chi connectivity index (χ0v) is 9.26. The first-order chi connectivity index (χ1) is 6.60. The molecule has 0 aliphatic heterocycles. The Hall–Kier alpha value is -0.930. The summed E-state index contributed by atoms with van der Waals surface area (Å²) in [4.78, 5) is 0. The third-order valence-electron chi connectivity index (χ3n) is 1.99. The average molecular weight is 216 g/mol. The lowest BCUT2D eigenvalue weighted by Gasteiger charge is -2.13. The van der Waals surface area contributed by atoms with E-state index in [1.165, 1.54) is 0 Å². The zero-order chi connectivity index (χ0) is 10.7. The molecule has 0 aliphatic carbocycles. The van der Waals surface area contributed by atoms with Crippen molar-refractivity contribution in [3.8, 4) is 11.5 Å². The molecule has 0 unspecified atom stereocenters. The number of methoxy groups -OCH3 is 2. The van der Waals surface area contributed by atoms with E-state index < -0.39 is 0 Å². The Morgan fingerprint density at radius 1 is 1.21 bits per heavy atom. The van der Waals surface area contributed by atoms with Crippen LogP contribution in [0.1, 0.15) is 18.5 Å². The van der Waals surface area contributed by atoms with Gasteiger partial charge in [0, 0.05) is 17.1 Å². The van der Waals surface area contributed by atoms with E-state index in [2.05, 4.69) is 0 Å². The van der Waals surface area contributed by atoms with Crippen molar-refractivity contribution in [2.75, 3.05) is 14.2 Å². The molecule has 0 fully saturated rings. The largest absolute Gasteiger partial charge is 0.493 e. The van der Waals surface area contributed by atoms with Crippen molar-refractivity contribution in [3.63, 3.8) is 0 Å². The van der Waals surface area contributed by atoms with Crippen LogP contribution < -0.4 is 15.2 Å². The van der Waals surface area contributed by atoms with E-state index >= 15 is 0 Å². The van der Waals surface area contributed by atoms with E-state index in [0.29, 0.717) is 16.5 Å². The van der Waals surface area contributed by atoms with E-state index in [9.17, 15) is 0 Å². The minimum absolute atomic E-state index is 0.123. The maximum absolute atomic E-state index is 6.02. The number of benzene rings is 1. The normalized spacial score (nSPS) is 12.4. The highest BCUT2D eigenvalue weighted by Gasteiger charge is 2.11. The Morgan fingerprint density at radius 3 is 2.14 bits per heavy atom. The van der Waals surface area contributed by atoms with Crippen molar-refractivity contribution in [1.29, 1.82) is 0 Å². The molecule has 1 rings (SSSR count). The molecule has 3 nitrogen and oxygen atoms in total. The fourth-order valence-corrected chi connectivity index (χ4v) is 1.54. The molecule has 0 amide bonds. The summed E-state index contributed by atoms with van der Waals surface area (Å²) < 4.78 is 10.2. The van der Waals surface area contributed by atoms with Gasteiger partial charge in [-0.05, 0) is 18.6 Å². The molecule has 4 heteroatoms. The monoisotopic (exact) mass is 215 g/mol. The molecule has 0 saturated heterocycles. The average Bonchev–Trinajstić information content (AvgIpc) is 2.16. The molecule has 1 aromatic carbocycles. The summed E-state index contributed by atoms with van der Waals surface area (Å²) in [6, 6.07) is 3.38. The van der Waals surface area contributed by atoms with Gasteiger partial charge in [0.05, 0.1) is 14.2 Å². The summed E-state index contributed by atoms with van der Waals surface area (Å²) >= 11 is 6.02. The van der Waals surface area contributed by atoms with Gasteiger partial charge < -0.3 is 15.2 Å². The minimum Gasteiger partial charge on any atom is -0.493 e. The Bertz CT molecular complexity index is 326. The predicted octanol–water partition coefficient (Wildman–Crippen LogP) is 2.38. The number of rotatable bonds is 3. The van der Waals surface area contributed by atoms with Crippen molar-refractivity contribution in [2.24, 2.45) is 5.73 Å². The van der Waals surface area contributed by atoms with Gasteiger partial charge in [0.25, 0.3) is 0 Å². The molecule has 2 N–H and O–H groups in total. The van der Waals surface area contributed by atoms with Gasteiger partial charge in [-0.2, -0.15) is 0 Å². The maximum atomic E-state index is 6.02. The minimum atomic E-state index is -0.123. The van der Waals surface area contributed by atoms with Crippen molar-refractivity contribution in [1.82, 2.24) is 0 Å².